The SMILES string of the molecule is CCn1nc(CNCCNC(=O)c2nonc2N)c(-c2ccccc2)n1. The van der Waals surface area contributed by atoms with E-state index in [-0.39, 0.29) is 11.5 Å². The van der Waals surface area contributed by atoms with Crippen molar-refractivity contribution >= 4 is 11.7 Å². The number of nitrogens with one attached hydrogen (secondary N) is 2. The fourth-order valence-corrected chi connectivity index (χ4v) is 2.37. The molecule has 0 aliphatic heterocycles. The van der Waals surface area contributed by atoms with Gasteiger partial charge in [-0.15, -0.1) is 0 Å². The van der Waals surface area contributed by atoms with Crippen LogP contribution in [0.15, 0.2) is 35.0 Å². The first-order valence-electron chi connectivity index (χ1n) is 8.25. The number of nitrogens with two attached hydrogens (primary N) is 1. The quantitative estimate of drug-likeness (QED) is 0.495. The molecular weight excluding hydrogens is 336 g/mol. The first-order chi connectivity index (χ1) is 12.7. The first kappa shape index (κ1) is 17.5. The Morgan fingerprint density at radius 1 is 1.19 bits per heavy atom. The van der Waals surface area contributed by atoms with Crippen LogP contribution in [-0.4, -0.2) is 44.3 Å². The largest absolute Gasteiger partial charge is 0.379 e. The summed E-state index contributed by atoms with van der Waals surface area (Å²) in [7, 11) is 0. The minimum atomic E-state index is -0.424. The van der Waals surface area contributed by atoms with E-state index < -0.39 is 5.91 Å². The third-order valence-corrected chi connectivity index (χ3v) is 3.66. The summed E-state index contributed by atoms with van der Waals surface area (Å²) in [5.74, 6) is -0.452. The molecule has 4 N–H and O–H groups in total. The number of hydrogen-bond donors (Lipinski definition) is 3. The van der Waals surface area contributed by atoms with Crippen molar-refractivity contribution in [2.45, 2.75) is 20.0 Å². The maximum Gasteiger partial charge on any atom is 0.277 e. The minimum absolute atomic E-state index is 0.0118. The Labute approximate surface area is 149 Å². The molecule has 1 aromatic carbocycles. The van der Waals surface area contributed by atoms with Crippen LogP contribution in [0.1, 0.15) is 23.1 Å². The molecule has 0 fully saturated rings. The lowest BCUT2D eigenvalue weighted by atomic mass is 10.1. The molecule has 0 saturated carbocycles. The lowest BCUT2D eigenvalue weighted by Crippen LogP contribution is -2.32. The number of carbonyl (C=O) groups excluding carboxylic acids is 1. The summed E-state index contributed by atoms with van der Waals surface area (Å²) in [5, 5.41) is 21.8. The highest BCUT2D eigenvalue weighted by molar-refractivity contribution is 5.95. The average Bonchev–Trinajstić information content (AvgIpc) is 3.28. The normalized spacial score (nSPS) is 10.8. The van der Waals surface area contributed by atoms with Gasteiger partial charge in [-0.3, -0.25) is 4.79 Å². The summed E-state index contributed by atoms with van der Waals surface area (Å²) in [6.07, 6.45) is 0. The summed E-state index contributed by atoms with van der Waals surface area (Å²) in [6, 6.07) is 9.91. The Bertz CT molecular complexity index is 858. The smallest absolute Gasteiger partial charge is 0.277 e. The molecule has 3 aromatic rings. The number of carbonyl (C=O) groups is 1. The molecule has 0 unspecified atom stereocenters. The standard InChI is InChI=1S/C16H20N8O2/c1-2-24-20-12(13(21-24)11-6-4-3-5-7-11)10-18-8-9-19-16(25)14-15(17)23-26-22-14/h3-7,18H,2,8-10H2,1H3,(H2,17,23)(H,19,25). The molecule has 1 amide bonds. The molecule has 0 bridgehead atoms. The monoisotopic (exact) mass is 356 g/mol. The number of aryl methyl sites for hydroxylation is 1. The summed E-state index contributed by atoms with van der Waals surface area (Å²) in [5.41, 5.74) is 8.19. The number of aromatic nitrogens is 5. The average molecular weight is 356 g/mol. The van der Waals surface area contributed by atoms with Crippen LogP contribution in [0.2, 0.25) is 0 Å². The zero-order chi connectivity index (χ0) is 18.4. The van der Waals surface area contributed by atoms with Crippen LogP contribution in [0, 0.1) is 0 Å². The Balaban J connectivity index is 1.53. The van der Waals surface area contributed by atoms with Crippen LogP contribution < -0.4 is 16.4 Å². The third-order valence-electron chi connectivity index (χ3n) is 3.66. The Kier molecular flexibility index (Phi) is 5.54. The number of nitrogen functional groups attached to an aromatic ring is 1. The zero-order valence-corrected chi connectivity index (χ0v) is 14.3. The number of rotatable bonds is 8. The van der Waals surface area contributed by atoms with Gasteiger partial charge in [-0.1, -0.05) is 30.3 Å². The van der Waals surface area contributed by atoms with E-state index in [1.807, 2.05) is 37.3 Å². The molecule has 26 heavy (non-hydrogen) atoms. The van der Waals surface area contributed by atoms with Gasteiger partial charge in [0.15, 0.2) is 0 Å². The van der Waals surface area contributed by atoms with E-state index in [4.69, 9.17) is 5.73 Å². The maximum atomic E-state index is 11.8. The zero-order valence-electron chi connectivity index (χ0n) is 14.3. The molecule has 0 saturated heterocycles. The molecule has 0 radical (unpaired) electrons. The van der Waals surface area contributed by atoms with Crippen LogP contribution in [0.3, 0.4) is 0 Å². The molecule has 0 atom stereocenters. The predicted molar refractivity (Wildman–Crippen MR) is 93.9 cm³/mol. The van der Waals surface area contributed by atoms with E-state index in [1.54, 1.807) is 4.80 Å². The number of hydrogen-bond acceptors (Lipinski definition) is 8. The van der Waals surface area contributed by atoms with Crippen molar-refractivity contribution in [1.82, 2.24) is 35.9 Å². The van der Waals surface area contributed by atoms with Crippen LogP contribution in [0.5, 0.6) is 0 Å². The van der Waals surface area contributed by atoms with Crippen molar-refractivity contribution in [3.63, 3.8) is 0 Å². The predicted octanol–water partition coefficient (Wildman–Crippen LogP) is 0.450. The van der Waals surface area contributed by atoms with Gasteiger partial charge in [0.2, 0.25) is 11.5 Å². The summed E-state index contributed by atoms with van der Waals surface area (Å²) >= 11 is 0. The van der Waals surface area contributed by atoms with Gasteiger partial charge >= 0.3 is 0 Å². The van der Waals surface area contributed by atoms with Gasteiger partial charge in [-0.05, 0) is 17.2 Å². The summed E-state index contributed by atoms with van der Waals surface area (Å²) in [4.78, 5) is 13.5. The first-order valence-corrected chi connectivity index (χ1v) is 8.25. The van der Waals surface area contributed by atoms with Crippen molar-refractivity contribution < 1.29 is 9.42 Å². The number of amides is 1. The molecule has 0 spiro atoms. The number of anilines is 1. The second-order valence-corrected chi connectivity index (χ2v) is 5.48. The van der Waals surface area contributed by atoms with Crippen molar-refractivity contribution in [2.24, 2.45) is 0 Å². The van der Waals surface area contributed by atoms with Crippen LogP contribution in [0.25, 0.3) is 11.3 Å². The molecular formula is C16H20N8O2. The molecule has 136 valence electrons. The third kappa shape index (κ3) is 4.03. The Morgan fingerprint density at radius 3 is 2.69 bits per heavy atom. The topological polar surface area (TPSA) is 137 Å². The molecule has 2 heterocycles. The van der Waals surface area contributed by atoms with Crippen molar-refractivity contribution in [1.29, 1.82) is 0 Å². The van der Waals surface area contributed by atoms with E-state index >= 15 is 0 Å². The van der Waals surface area contributed by atoms with E-state index in [0.717, 1.165) is 17.0 Å². The van der Waals surface area contributed by atoms with Gasteiger partial charge in [0.05, 0.1) is 6.54 Å². The van der Waals surface area contributed by atoms with Crippen molar-refractivity contribution in [3.8, 4) is 11.3 Å². The highest BCUT2D eigenvalue weighted by Gasteiger charge is 2.15. The molecule has 10 nitrogen and oxygen atoms in total. The van der Waals surface area contributed by atoms with Gasteiger partial charge in [0.25, 0.3) is 5.91 Å². The van der Waals surface area contributed by atoms with E-state index in [0.29, 0.717) is 26.2 Å². The minimum Gasteiger partial charge on any atom is -0.379 e. The summed E-state index contributed by atoms with van der Waals surface area (Å²) in [6.45, 7) is 4.17. The Hall–Kier alpha value is -3.27. The summed E-state index contributed by atoms with van der Waals surface area (Å²) < 4.78 is 4.40. The van der Waals surface area contributed by atoms with Gasteiger partial charge < -0.3 is 16.4 Å². The number of benzene rings is 1. The van der Waals surface area contributed by atoms with Crippen LogP contribution >= 0.6 is 0 Å². The second kappa shape index (κ2) is 8.21. The highest BCUT2D eigenvalue weighted by atomic mass is 16.6. The molecule has 3 rings (SSSR count). The van der Waals surface area contributed by atoms with E-state index in [9.17, 15) is 4.79 Å². The fraction of sp³-hybridized carbons (Fsp3) is 0.312. The second-order valence-electron chi connectivity index (χ2n) is 5.48. The van der Waals surface area contributed by atoms with Crippen LogP contribution in [0.4, 0.5) is 5.82 Å². The lowest BCUT2D eigenvalue weighted by Gasteiger charge is -2.05. The number of nitrogens with zero attached hydrogens (tertiary/aromatic N) is 5. The van der Waals surface area contributed by atoms with Gasteiger partial charge in [0, 0.05) is 25.2 Å². The lowest BCUT2D eigenvalue weighted by molar-refractivity contribution is 0.0944. The molecule has 2 aromatic heterocycles. The molecule has 0 aliphatic rings. The molecule has 10 heteroatoms. The van der Waals surface area contributed by atoms with Gasteiger partial charge in [-0.2, -0.15) is 15.0 Å². The van der Waals surface area contributed by atoms with Crippen molar-refractivity contribution in [3.05, 3.63) is 41.7 Å². The van der Waals surface area contributed by atoms with Crippen LogP contribution in [-0.2, 0) is 13.1 Å². The van der Waals surface area contributed by atoms with E-state index in [2.05, 4.69) is 35.8 Å². The highest BCUT2D eigenvalue weighted by Crippen LogP contribution is 2.19. The van der Waals surface area contributed by atoms with Gasteiger partial charge in [-0.25, -0.2) is 4.63 Å². The van der Waals surface area contributed by atoms with Crippen molar-refractivity contribution in [2.75, 3.05) is 18.8 Å². The Morgan fingerprint density at radius 2 is 2.00 bits per heavy atom. The van der Waals surface area contributed by atoms with E-state index in [1.165, 1.54) is 0 Å². The fourth-order valence-electron chi connectivity index (χ4n) is 2.37. The maximum absolute atomic E-state index is 11.8. The molecule has 0 aliphatic carbocycles. The van der Waals surface area contributed by atoms with Gasteiger partial charge in [0.1, 0.15) is 11.4 Å².